The van der Waals surface area contributed by atoms with Gasteiger partial charge in [-0.3, -0.25) is 4.79 Å². The van der Waals surface area contributed by atoms with E-state index in [1.807, 2.05) is 0 Å². The first kappa shape index (κ1) is 23.8. The quantitative estimate of drug-likeness (QED) is 0.633. The van der Waals surface area contributed by atoms with Gasteiger partial charge in [0.05, 0.1) is 16.0 Å². The van der Waals surface area contributed by atoms with Crippen LogP contribution in [0.2, 0.25) is 0 Å². The minimum absolute atomic E-state index is 0.211. The Morgan fingerprint density at radius 1 is 1.30 bits per heavy atom. The second kappa shape index (κ2) is 10.5. The highest BCUT2D eigenvalue weighted by Crippen LogP contribution is 2.31. The fourth-order valence-corrected chi connectivity index (χ4v) is 3.36. The smallest absolute Gasteiger partial charge is 0.383 e. The summed E-state index contributed by atoms with van der Waals surface area (Å²) in [7, 11) is -1.76. The monoisotopic (exact) mass is 442 g/mol. The van der Waals surface area contributed by atoms with E-state index in [1.165, 1.54) is 56.4 Å². The highest BCUT2D eigenvalue weighted by atomic mass is 32.2. The van der Waals surface area contributed by atoms with Gasteiger partial charge in [-0.2, -0.15) is 13.2 Å². The highest BCUT2D eigenvalue weighted by Gasteiger charge is 2.32. The van der Waals surface area contributed by atoms with Gasteiger partial charge in [0.25, 0.3) is 5.91 Å². The second-order valence-electron chi connectivity index (χ2n) is 7.02. The molecule has 0 spiro atoms. The van der Waals surface area contributed by atoms with Crippen LogP contribution in [-0.2, 0) is 17.2 Å². The number of hydrogen-bond donors (Lipinski definition) is 3. The van der Waals surface area contributed by atoms with Crippen molar-refractivity contribution in [3.05, 3.63) is 47.7 Å². The van der Waals surface area contributed by atoms with Gasteiger partial charge in [0.1, 0.15) is 16.8 Å². The van der Waals surface area contributed by atoms with Crippen molar-refractivity contribution in [2.75, 3.05) is 11.1 Å². The van der Waals surface area contributed by atoms with Crippen LogP contribution in [0, 0.1) is 5.92 Å². The molecule has 5 N–H and O–H groups in total. The molecule has 30 heavy (non-hydrogen) atoms. The van der Waals surface area contributed by atoms with Gasteiger partial charge in [-0.05, 0) is 30.2 Å². The van der Waals surface area contributed by atoms with E-state index < -0.39 is 34.2 Å². The van der Waals surface area contributed by atoms with Gasteiger partial charge in [0.15, 0.2) is 0 Å². The third-order valence-corrected chi connectivity index (χ3v) is 5.45. The van der Waals surface area contributed by atoms with Crippen LogP contribution in [0.3, 0.4) is 0 Å². The molecule has 1 aromatic carbocycles. The number of anilines is 2. The van der Waals surface area contributed by atoms with Crippen molar-refractivity contribution in [3.63, 3.8) is 0 Å². The van der Waals surface area contributed by atoms with Crippen molar-refractivity contribution < 1.29 is 22.2 Å². The lowest BCUT2D eigenvalue weighted by Crippen LogP contribution is -2.17. The summed E-state index contributed by atoms with van der Waals surface area (Å²) in [4.78, 5) is 15.7. The summed E-state index contributed by atoms with van der Waals surface area (Å²) in [6.45, 7) is 2.28. The first-order chi connectivity index (χ1) is 14.1. The largest absolute Gasteiger partial charge is 0.417 e. The van der Waals surface area contributed by atoms with Crippen LogP contribution in [-0.4, -0.2) is 15.1 Å². The number of nitrogens with one attached hydrogen (secondary N) is 1. The van der Waals surface area contributed by atoms with Crippen LogP contribution in [0.4, 0.5) is 24.7 Å². The van der Waals surface area contributed by atoms with Gasteiger partial charge in [0.2, 0.25) is 0 Å². The molecule has 1 fully saturated rings. The van der Waals surface area contributed by atoms with Gasteiger partial charge in [-0.1, -0.05) is 45.1 Å². The molecule has 0 aliphatic heterocycles. The lowest BCUT2D eigenvalue weighted by atomic mass is 9.82. The Hall–Kier alpha value is -2.46. The number of nitrogen functional groups attached to an aromatic ring is 1. The summed E-state index contributed by atoms with van der Waals surface area (Å²) in [5.41, 5.74) is 4.16. The SMILES string of the molecule is CCCC1CCC1.Nc1ncc(C(F)(F)F)cc1C(=O)Nc1cccc(S(N)=O)c1. The Morgan fingerprint density at radius 3 is 2.50 bits per heavy atom. The summed E-state index contributed by atoms with van der Waals surface area (Å²) >= 11 is 0. The number of rotatable bonds is 5. The van der Waals surface area contributed by atoms with E-state index in [4.69, 9.17) is 10.9 Å². The van der Waals surface area contributed by atoms with E-state index in [0.29, 0.717) is 12.3 Å². The van der Waals surface area contributed by atoms with Crippen LogP contribution in [0.5, 0.6) is 0 Å². The summed E-state index contributed by atoms with van der Waals surface area (Å²) in [5, 5.41) is 7.58. The zero-order chi connectivity index (χ0) is 22.3. The first-order valence-electron chi connectivity index (χ1n) is 9.52. The summed E-state index contributed by atoms with van der Waals surface area (Å²) in [6, 6.07) is 6.38. The Balaban J connectivity index is 0.000000386. The molecule has 1 heterocycles. The van der Waals surface area contributed by atoms with E-state index in [0.717, 1.165) is 5.92 Å². The van der Waals surface area contributed by atoms with Crippen LogP contribution in [0.25, 0.3) is 0 Å². The number of carbonyl (C=O) groups is 1. The van der Waals surface area contributed by atoms with Gasteiger partial charge in [0, 0.05) is 11.9 Å². The predicted molar refractivity (Wildman–Crippen MR) is 111 cm³/mol. The Morgan fingerprint density at radius 2 is 2.00 bits per heavy atom. The number of pyridine rings is 1. The average Bonchev–Trinajstić information content (AvgIpc) is 2.64. The second-order valence-corrected chi connectivity index (χ2v) is 8.09. The predicted octanol–water partition coefficient (Wildman–Crippen LogP) is 4.50. The molecule has 1 atom stereocenters. The van der Waals surface area contributed by atoms with E-state index in [9.17, 15) is 22.2 Å². The van der Waals surface area contributed by atoms with Crippen molar-refractivity contribution in [1.29, 1.82) is 0 Å². The van der Waals surface area contributed by atoms with Crippen LogP contribution < -0.4 is 16.2 Å². The molecule has 164 valence electrons. The number of alkyl halides is 3. The molecule has 0 radical (unpaired) electrons. The zero-order valence-electron chi connectivity index (χ0n) is 16.5. The minimum atomic E-state index is -4.65. The molecule has 3 rings (SSSR count). The van der Waals surface area contributed by atoms with Gasteiger partial charge in [-0.15, -0.1) is 0 Å². The lowest BCUT2D eigenvalue weighted by Gasteiger charge is -2.24. The van der Waals surface area contributed by atoms with Crippen molar-refractivity contribution in [1.82, 2.24) is 4.98 Å². The van der Waals surface area contributed by atoms with E-state index >= 15 is 0 Å². The molecule has 2 aromatic rings. The number of nitrogens with zero attached hydrogens (tertiary/aromatic N) is 1. The zero-order valence-corrected chi connectivity index (χ0v) is 17.4. The maximum absolute atomic E-state index is 12.7. The van der Waals surface area contributed by atoms with Crippen LogP contribution in [0.1, 0.15) is 54.9 Å². The van der Waals surface area contributed by atoms with Crippen LogP contribution in [0.15, 0.2) is 41.4 Å². The molecule has 1 unspecified atom stereocenters. The Bertz CT molecular complexity index is 902. The molecule has 1 amide bonds. The molecule has 0 saturated heterocycles. The maximum atomic E-state index is 12.7. The van der Waals surface area contributed by atoms with Gasteiger partial charge < -0.3 is 11.1 Å². The number of carbonyl (C=O) groups excluding carboxylic acids is 1. The van der Waals surface area contributed by atoms with E-state index in [1.54, 1.807) is 0 Å². The standard InChI is InChI=1S/C13H11F3N4O2S.C7H14/c14-13(15,16)7-4-10(11(17)19-6-7)12(21)20-8-2-1-3-9(5-8)23(18)22;1-2-4-7-5-3-6-7/h1-6H,18H2,(H2,17,19)(H,20,21);7H,2-6H2,1H3. The third kappa shape index (κ3) is 6.81. The van der Waals surface area contributed by atoms with Gasteiger partial charge >= 0.3 is 6.18 Å². The fraction of sp³-hybridized carbons (Fsp3) is 0.400. The van der Waals surface area contributed by atoms with Crippen molar-refractivity contribution in [2.45, 2.75) is 50.1 Å². The molecule has 1 saturated carbocycles. The lowest BCUT2D eigenvalue weighted by molar-refractivity contribution is -0.137. The maximum Gasteiger partial charge on any atom is 0.417 e. The first-order valence-corrected chi connectivity index (χ1v) is 10.7. The third-order valence-electron chi connectivity index (χ3n) is 4.74. The molecular formula is C20H25F3N4O2S. The topological polar surface area (TPSA) is 111 Å². The van der Waals surface area contributed by atoms with E-state index in [2.05, 4.69) is 17.2 Å². The van der Waals surface area contributed by atoms with Crippen molar-refractivity contribution in [2.24, 2.45) is 11.1 Å². The minimum Gasteiger partial charge on any atom is -0.383 e. The van der Waals surface area contributed by atoms with E-state index in [-0.39, 0.29) is 16.4 Å². The molecule has 1 aromatic heterocycles. The average molecular weight is 443 g/mol. The summed E-state index contributed by atoms with van der Waals surface area (Å²) in [5.74, 6) is -0.0832. The van der Waals surface area contributed by atoms with Gasteiger partial charge in [-0.25, -0.2) is 14.3 Å². The normalized spacial score (nSPS) is 14.8. The molecule has 6 nitrogen and oxygen atoms in total. The fourth-order valence-electron chi connectivity index (χ4n) is 2.90. The number of nitrogens with two attached hydrogens (primary N) is 2. The number of halogens is 3. The van der Waals surface area contributed by atoms with Crippen molar-refractivity contribution in [3.8, 4) is 0 Å². The number of benzene rings is 1. The van der Waals surface area contributed by atoms with Crippen molar-refractivity contribution >= 4 is 28.4 Å². The number of amides is 1. The number of aromatic nitrogens is 1. The van der Waals surface area contributed by atoms with Crippen LogP contribution >= 0.6 is 0 Å². The summed E-state index contributed by atoms with van der Waals surface area (Å²) < 4.78 is 49.2. The highest BCUT2D eigenvalue weighted by molar-refractivity contribution is 7.82. The molecule has 1 aliphatic rings. The molecule has 10 heteroatoms. The molecule has 1 aliphatic carbocycles. The molecule has 0 bridgehead atoms. The summed E-state index contributed by atoms with van der Waals surface area (Å²) in [6.07, 6.45) is 3.33. The number of hydrogen-bond acceptors (Lipinski definition) is 4. The Kier molecular flexibility index (Phi) is 8.36. The molecular weight excluding hydrogens is 417 g/mol. The Labute approximate surface area is 175 Å².